The minimum Gasteiger partial charge on any atom is -0.488 e. The molecule has 1 aliphatic rings. The fourth-order valence-corrected chi connectivity index (χ4v) is 4.36. The molecule has 8 heteroatoms. The summed E-state index contributed by atoms with van der Waals surface area (Å²) in [6, 6.07) is 18.7. The van der Waals surface area contributed by atoms with Crippen LogP contribution in [-0.4, -0.2) is 16.0 Å². The Morgan fingerprint density at radius 3 is 2.44 bits per heavy atom. The summed E-state index contributed by atoms with van der Waals surface area (Å²) < 4.78 is 20.0. The van der Waals surface area contributed by atoms with Crippen LogP contribution in [0.2, 0.25) is 10.0 Å². The van der Waals surface area contributed by atoms with E-state index in [4.69, 9.17) is 27.9 Å². The maximum Gasteiger partial charge on any atom is 0.293 e. The smallest absolute Gasteiger partial charge is 0.293 e. The molecule has 4 nitrogen and oxygen atoms in total. The Bertz CT molecular complexity index is 1210. The summed E-state index contributed by atoms with van der Waals surface area (Å²) in [7, 11) is 0. The molecule has 1 aliphatic heterocycles. The Morgan fingerprint density at radius 2 is 1.66 bits per heavy atom. The number of ether oxygens (including phenoxy) is 1. The van der Waals surface area contributed by atoms with Crippen LogP contribution >= 0.6 is 35.0 Å². The average Bonchev–Trinajstić information content (AvgIpc) is 3.04. The van der Waals surface area contributed by atoms with Gasteiger partial charge in [-0.1, -0.05) is 65.7 Å². The van der Waals surface area contributed by atoms with Gasteiger partial charge in [-0.15, -0.1) is 0 Å². The second-order valence-corrected chi connectivity index (χ2v) is 8.69. The lowest BCUT2D eigenvalue weighted by Crippen LogP contribution is -2.28. The maximum atomic E-state index is 14.1. The molecule has 0 spiro atoms. The Morgan fingerprint density at radius 1 is 0.938 bits per heavy atom. The fourth-order valence-electron chi connectivity index (χ4n) is 3.12. The third-order valence-electron chi connectivity index (χ3n) is 4.80. The molecule has 2 amide bonds. The summed E-state index contributed by atoms with van der Waals surface area (Å²) in [6.07, 6.45) is 1.59. The molecule has 0 saturated carbocycles. The van der Waals surface area contributed by atoms with Crippen molar-refractivity contribution in [2.24, 2.45) is 0 Å². The van der Waals surface area contributed by atoms with E-state index in [-0.39, 0.29) is 28.6 Å². The van der Waals surface area contributed by atoms with Crippen molar-refractivity contribution in [2.45, 2.75) is 13.2 Å². The lowest BCUT2D eigenvalue weighted by atomic mass is 10.1. The van der Waals surface area contributed by atoms with E-state index < -0.39 is 17.0 Å². The fraction of sp³-hybridized carbons (Fsp3) is 0.0833. The molecule has 0 atom stereocenters. The van der Waals surface area contributed by atoms with E-state index in [0.717, 1.165) is 22.2 Å². The molecule has 0 N–H and O–H groups in total. The molecule has 0 unspecified atom stereocenters. The van der Waals surface area contributed by atoms with Crippen LogP contribution in [0.15, 0.2) is 71.6 Å². The van der Waals surface area contributed by atoms with Crippen molar-refractivity contribution in [1.82, 2.24) is 4.90 Å². The van der Waals surface area contributed by atoms with E-state index >= 15 is 0 Å². The van der Waals surface area contributed by atoms with Gasteiger partial charge in [-0.2, -0.15) is 0 Å². The van der Waals surface area contributed by atoms with Gasteiger partial charge in [0.2, 0.25) is 0 Å². The van der Waals surface area contributed by atoms with Crippen molar-refractivity contribution in [3.63, 3.8) is 0 Å². The molecule has 0 aliphatic carbocycles. The Labute approximate surface area is 198 Å². The first-order valence-corrected chi connectivity index (χ1v) is 11.1. The molecular formula is C24H16Cl2FNO3S. The summed E-state index contributed by atoms with van der Waals surface area (Å²) in [4.78, 5) is 26.5. The quantitative estimate of drug-likeness (QED) is 0.353. The zero-order valence-corrected chi connectivity index (χ0v) is 18.9. The summed E-state index contributed by atoms with van der Waals surface area (Å²) in [5, 5.41) is 0.263. The molecule has 32 heavy (non-hydrogen) atoms. The van der Waals surface area contributed by atoms with E-state index in [2.05, 4.69) is 0 Å². The van der Waals surface area contributed by atoms with Gasteiger partial charge in [-0.3, -0.25) is 14.5 Å². The number of hydrogen-bond donors (Lipinski definition) is 0. The number of halogens is 3. The van der Waals surface area contributed by atoms with E-state index in [1.807, 2.05) is 24.3 Å². The number of nitrogens with zero attached hydrogens (tertiary/aromatic N) is 1. The monoisotopic (exact) mass is 487 g/mol. The van der Waals surface area contributed by atoms with Gasteiger partial charge in [0.05, 0.1) is 11.4 Å². The second kappa shape index (κ2) is 9.77. The van der Waals surface area contributed by atoms with Gasteiger partial charge >= 0.3 is 0 Å². The van der Waals surface area contributed by atoms with E-state index in [1.165, 1.54) is 18.2 Å². The second-order valence-electron chi connectivity index (χ2n) is 6.89. The molecule has 0 aromatic heterocycles. The zero-order chi connectivity index (χ0) is 22.7. The number of benzene rings is 3. The Hall–Kier alpha value is -2.80. The Kier molecular flexibility index (Phi) is 6.84. The average molecular weight is 488 g/mol. The summed E-state index contributed by atoms with van der Waals surface area (Å²) in [5.41, 5.74) is 1.56. The predicted octanol–water partition coefficient (Wildman–Crippen LogP) is 6.95. The molecule has 0 bridgehead atoms. The summed E-state index contributed by atoms with van der Waals surface area (Å²) >= 11 is 13.0. The van der Waals surface area contributed by atoms with Crippen molar-refractivity contribution in [2.75, 3.05) is 0 Å². The number of carbonyl (C=O) groups excluding carboxylic acids is 2. The zero-order valence-electron chi connectivity index (χ0n) is 16.6. The summed E-state index contributed by atoms with van der Waals surface area (Å²) in [6.45, 7) is 0.00988. The highest BCUT2D eigenvalue weighted by molar-refractivity contribution is 8.18. The Balaban J connectivity index is 1.55. The van der Waals surface area contributed by atoms with Crippen LogP contribution in [0, 0.1) is 5.82 Å². The standard InChI is InChI=1S/C24H16Cl2FNO3S/c25-18-8-3-1-7-16(18)14-31-21-11-4-2-6-15(21)12-22-23(29)28(24(30)32-22)13-17-19(26)9-5-10-20(17)27/h1-12H,13-14H2/b22-12-. The first kappa shape index (κ1) is 22.4. The van der Waals surface area contributed by atoms with Crippen LogP contribution in [0.3, 0.4) is 0 Å². The lowest BCUT2D eigenvalue weighted by molar-refractivity contribution is -0.123. The maximum absolute atomic E-state index is 14.1. The number of rotatable bonds is 6. The molecule has 1 fully saturated rings. The molecule has 3 aromatic carbocycles. The van der Waals surface area contributed by atoms with Crippen LogP contribution in [0.5, 0.6) is 5.75 Å². The third kappa shape index (κ3) is 4.83. The molecule has 0 radical (unpaired) electrons. The van der Waals surface area contributed by atoms with Gasteiger partial charge < -0.3 is 4.74 Å². The number of hydrogen-bond acceptors (Lipinski definition) is 4. The number of amides is 2. The van der Waals surface area contributed by atoms with Gasteiger partial charge in [0.1, 0.15) is 18.2 Å². The summed E-state index contributed by atoms with van der Waals surface area (Å²) in [5.74, 6) is -0.546. The topological polar surface area (TPSA) is 46.6 Å². The number of carbonyl (C=O) groups is 2. The molecule has 4 rings (SSSR count). The first-order chi connectivity index (χ1) is 15.4. The van der Waals surface area contributed by atoms with Crippen molar-refractivity contribution in [1.29, 1.82) is 0 Å². The minimum atomic E-state index is -0.571. The number of para-hydroxylation sites is 1. The van der Waals surface area contributed by atoms with Crippen LogP contribution in [0.4, 0.5) is 9.18 Å². The third-order valence-corrected chi connectivity index (χ3v) is 6.43. The molecule has 1 heterocycles. The highest BCUT2D eigenvalue weighted by atomic mass is 35.5. The van der Waals surface area contributed by atoms with Crippen LogP contribution in [0.25, 0.3) is 6.08 Å². The largest absolute Gasteiger partial charge is 0.488 e. The number of thioether (sulfide) groups is 1. The minimum absolute atomic E-state index is 0.0983. The van der Waals surface area contributed by atoms with Gasteiger partial charge in [0, 0.05) is 26.7 Å². The molecule has 1 saturated heterocycles. The van der Waals surface area contributed by atoms with Crippen molar-refractivity contribution >= 4 is 52.2 Å². The highest BCUT2D eigenvalue weighted by Crippen LogP contribution is 2.36. The van der Waals surface area contributed by atoms with E-state index in [1.54, 1.807) is 30.3 Å². The van der Waals surface area contributed by atoms with E-state index in [0.29, 0.717) is 16.3 Å². The van der Waals surface area contributed by atoms with Crippen molar-refractivity contribution in [3.8, 4) is 5.75 Å². The number of imide groups is 1. The molecule has 162 valence electrons. The predicted molar refractivity (Wildman–Crippen MR) is 125 cm³/mol. The van der Waals surface area contributed by atoms with Gasteiger partial charge in [0.15, 0.2) is 0 Å². The SMILES string of the molecule is O=C1S/C(=C\c2ccccc2OCc2ccccc2Cl)C(=O)N1Cc1c(F)cccc1Cl. The van der Waals surface area contributed by atoms with Crippen LogP contribution in [0.1, 0.15) is 16.7 Å². The van der Waals surface area contributed by atoms with E-state index in [9.17, 15) is 14.0 Å². The molecular weight excluding hydrogens is 472 g/mol. The van der Waals surface area contributed by atoms with Crippen LogP contribution in [-0.2, 0) is 17.9 Å². The van der Waals surface area contributed by atoms with Gasteiger partial charge in [-0.25, -0.2) is 4.39 Å². The van der Waals surface area contributed by atoms with Crippen molar-refractivity contribution < 1.29 is 18.7 Å². The first-order valence-electron chi connectivity index (χ1n) is 9.57. The van der Waals surface area contributed by atoms with Crippen molar-refractivity contribution in [3.05, 3.63) is 104 Å². The van der Waals surface area contributed by atoms with Gasteiger partial charge in [-0.05, 0) is 42.1 Å². The lowest BCUT2D eigenvalue weighted by Gasteiger charge is -2.14. The highest BCUT2D eigenvalue weighted by Gasteiger charge is 2.36. The van der Waals surface area contributed by atoms with Gasteiger partial charge in [0.25, 0.3) is 11.1 Å². The van der Waals surface area contributed by atoms with Crippen LogP contribution < -0.4 is 4.74 Å². The molecule has 3 aromatic rings. The normalized spacial score (nSPS) is 15.0.